The van der Waals surface area contributed by atoms with E-state index >= 15 is 0 Å². The van der Waals surface area contributed by atoms with Crippen LogP contribution in [0.1, 0.15) is 46.1 Å². The van der Waals surface area contributed by atoms with Gasteiger partial charge in [-0.2, -0.15) is 0 Å². The van der Waals surface area contributed by atoms with Gasteiger partial charge in [-0.25, -0.2) is 0 Å². The van der Waals surface area contributed by atoms with Crippen molar-refractivity contribution in [3.63, 3.8) is 0 Å². The SMILES string of the molecule is CC(C)C1(C(=O)O)CCN(C(=O)CC(C)(C)c2ccccc2)C1. The summed E-state index contributed by atoms with van der Waals surface area (Å²) in [4.78, 5) is 26.1. The normalized spacial score (nSPS) is 21.7. The van der Waals surface area contributed by atoms with Gasteiger partial charge >= 0.3 is 5.97 Å². The summed E-state index contributed by atoms with van der Waals surface area (Å²) >= 11 is 0. The van der Waals surface area contributed by atoms with Crippen LogP contribution in [0.5, 0.6) is 0 Å². The van der Waals surface area contributed by atoms with Gasteiger partial charge in [0.05, 0.1) is 5.41 Å². The van der Waals surface area contributed by atoms with Crippen molar-refractivity contribution in [2.75, 3.05) is 13.1 Å². The molecule has 0 saturated carbocycles. The topological polar surface area (TPSA) is 57.6 Å². The maximum Gasteiger partial charge on any atom is 0.311 e. The van der Waals surface area contributed by atoms with E-state index in [1.165, 1.54) is 0 Å². The lowest BCUT2D eigenvalue weighted by Crippen LogP contribution is -2.41. The van der Waals surface area contributed by atoms with Gasteiger partial charge in [0, 0.05) is 19.5 Å². The monoisotopic (exact) mass is 317 g/mol. The third-order valence-corrected chi connectivity index (χ3v) is 5.33. The highest BCUT2D eigenvalue weighted by atomic mass is 16.4. The molecule has 1 amide bonds. The molecule has 0 aromatic heterocycles. The Hall–Kier alpha value is -1.84. The van der Waals surface area contributed by atoms with Crippen LogP contribution >= 0.6 is 0 Å². The Labute approximate surface area is 138 Å². The Bertz CT molecular complexity index is 580. The predicted octanol–water partition coefficient (Wildman–Crippen LogP) is 3.31. The van der Waals surface area contributed by atoms with Crippen molar-refractivity contribution in [1.82, 2.24) is 4.90 Å². The summed E-state index contributed by atoms with van der Waals surface area (Å²) in [6, 6.07) is 9.99. The minimum Gasteiger partial charge on any atom is -0.481 e. The van der Waals surface area contributed by atoms with Crippen LogP contribution in [-0.2, 0) is 15.0 Å². The number of nitrogens with zero attached hydrogens (tertiary/aromatic N) is 1. The van der Waals surface area contributed by atoms with Crippen molar-refractivity contribution in [3.8, 4) is 0 Å². The molecule has 0 spiro atoms. The molecule has 0 radical (unpaired) electrons. The predicted molar refractivity (Wildman–Crippen MR) is 90.2 cm³/mol. The van der Waals surface area contributed by atoms with Crippen molar-refractivity contribution in [2.45, 2.75) is 46.0 Å². The van der Waals surface area contributed by atoms with E-state index in [1.807, 2.05) is 44.2 Å². The van der Waals surface area contributed by atoms with E-state index in [2.05, 4.69) is 13.8 Å². The van der Waals surface area contributed by atoms with Crippen molar-refractivity contribution in [1.29, 1.82) is 0 Å². The van der Waals surface area contributed by atoms with Gasteiger partial charge in [-0.15, -0.1) is 0 Å². The van der Waals surface area contributed by atoms with E-state index in [1.54, 1.807) is 4.90 Å². The van der Waals surface area contributed by atoms with Crippen LogP contribution in [0.3, 0.4) is 0 Å². The molecule has 23 heavy (non-hydrogen) atoms. The molecule has 1 aliphatic rings. The minimum absolute atomic E-state index is 0.0138. The number of carboxylic acid groups (broad SMARTS) is 1. The maximum absolute atomic E-state index is 12.7. The molecule has 4 nitrogen and oxygen atoms in total. The van der Waals surface area contributed by atoms with Gasteiger partial charge in [0.25, 0.3) is 0 Å². The molecule has 1 unspecified atom stereocenters. The highest BCUT2D eigenvalue weighted by Gasteiger charge is 2.48. The quantitative estimate of drug-likeness (QED) is 0.906. The third kappa shape index (κ3) is 3.41. The number of rotatable bonds is 5. The molecule has 0 bridgehead atoms. The molecular formula is C19H27NO3. The van der Waals surface area contributed by atoms with Crippen LogP contribution in [0.15, 0.2) is 30.3 Å². The van der Waals surface area contributed by atoms with Gasteiger partial charge in [-0.1, -0.05) is 58.0 Å². The second-order valence-electron chi connectivity index (χ2n) is 7.61. The number of carboxylic acids is 1. The second-order valence-corrected chi connectivity index (χ2v) is 7.61. The summed E-state index contributed by atoms with van der Waals surface area (Å²) in [7, 11) is 0. The van der Waals surface area contributed by atoms with Gasteiger partial charge in [0.2, 0.25) is 5.91 Å². The molecule has 0 aliphatic carbocycles. The summed E-state index contributed by atoms with van der Waals surface area (Å²) in [5.41, 5.74) is 0.0675. The van der Waals surface area contributed by atoms with Gasteiger partial charge in [-0.05, 0) is 23.3 Å². The fraction of sp³-hybridized carbons (Fsp3) is 0.579. The summed E-state index contributed by atoms with van der Waals surface area (Å²) in [5.74, 6) is -0.729. The Kier molecular flexibility index (Phi) is 4.83. The fourth-order valence-corrected chi connectivity index (χ4v) is 3.42. The Balaban J connectivity index is 2.09. The van der Waals surface area contributed by atoms with Crippen LogP contribution in [0.2, 0.25) is 0 Å². The molecule has 4 heteroatoms. The lowest BCUT2D eigenvalue weighted by atomic mass is 9.76. The molecule has 1 atom stereocenters. The van der Waals surface area contributed by atoms with Crippen LogP contribution in [0, 0.1) is 11.3 Å². The van der Waals surface area contributed by atoms with Crippen LogP contribution in [0.25, 0.3) is 0 Å². The lowest BCUT2D eigenvalue weighted by molar-refractivity contribution is -0.151. The molecule has 1 aliphatic heterocycles. The minimum atomic E-state index is -0.799. The zero-order chi connectivity index (χ0) is 17.3. The first kappa shape index (κ1) is 17.5. The van der Waals surface area contributed by atoms with Gasteiger partial charge in [-0.3, -0.25) is 9.59 Å². The van der Waals surface area contributed by atoms with E-state index in [9.17, 15) is 14.7 Å². The molecule has 2 rings (SSSR count). The maximum atomic E-state index is 12.7. The highest BCUT2D eigenvalue weighted by Crippen LogP contribution is 2.39. The molecule has 1 saturated heterocycles. The first-order valence-corrected chi connectivity index (χ1v) is 8.26. The van der Waals surface area contributed by atoms with E-state index in [4.69, 9.17) is 0 Å². The number of carbonyl (C=O) groups is 2. The van der Waals surface area contributed by atoms with Crippen molar-refractivity contribution in [3.05, 3.63) is 35.9 Å². The second kappa shape index (κ2) is 6.34. The zero-order valence-electron chi connectivity index (χ0n) is 14.5. The Morgan fingerprint density at radius 2 is 1.87 bits per heavy atom. The first-order valence-electron chi connectivity index (χ1n) is 8.26. The van der Waals surface area contributed by atoms with Crippen molar-refractivity contribution < 1.29 is 14.7 Å². The summed E-state index contributed by atoms with van der Waals surface area (Å²) in [6.07, 6.45) is 0.933. The lowest BCUT2D eigenvalue weighted by Gasteiger charge is -2.30. The van der Waals surface area contributed by atoms with Crippen LogP contribution in [0.4, 0.5) is 0 Å². The average Bonchev–Trinajstić information content (AvgIpc) is 2.94. The first-order chi connectivity index (χ1) is 10.7. The number of hydrogen-bond donors (Lipinski definition) is 1. The van der Waals surface area contributed by atoms with E-state index < -0.39 is 11.4 Å². The van der Waals surface area contributed by atoms with Gasteiger partial charge < -0.3 is 10.0 Å². The number of carbonyl (C=O) groups excluding carboxylic acids is 1. The highest BCUT2D eigenvalue weighted by molar-refractivity contribution is 5.81. The number of amides is 1. The summed E-state index contributed by atoms with van der Waals surface area (Å²) in [6.45, 7) is 8.83. The molecule has 1 aromatic carbocycles. The van der Waals surface area contributed by atoms with Crippen LogP contribution < -0.4 is 0 Å². The van der Waals surface area contributed by atoms with Crippen LogP contribution in [-0.4, -0.2) is 35.0 Å². The van der Waals surface area contributed by atoms with Crippen molar-refractivity contribution in [2.24, 2.45) is 11.3 Å². The summed E-state index contributed by atoms with van der Waals surface area (Å²) < 4.78 is 0. The fourth-order valence-electron chi connectivity index (χ4n) is 3.42. The third-order valence-electron chi connectivity index (χ3n) is 5.33. The molecule has 126 valence electrons. The van der Waals surface area contributed by atoms with Crippen molar-refractivity contribution >= 4 is 11.9 Å². The van der Waals surface area contributed by atoms with E-state index in [0.717, 1.165) is 5.56 Å². The molecule has 1 heterocycles. The average molecular weight is 317 g/mol. The smallest absolute Gasteiger partial charge is 0.311 e. The Morgan fingerprint density at radius 3 is 2.35 bits per heavy atom. The molecular weight excluding hydrogens is 290 g/mol. The van der Waals surface area contributed by atoms with Gasteiger partial charge in [0.15, 0.2) is 0 Å². The number of benzene rings is 1. The number of likely N-dealkylation sites (tertiary alicyclic amines) is 1. The van der Waals surface area contributed by atoms with E-state index in [-0.39, 0.29) is 17.2 Å². The van der Waals surface area contributed by atoms with E-state index in [0.29, 0.717) is 25.9 Å². The molecule has 1 aromatic rings. The zero-order valence-corrected chi connectivity index (χ0v) is 14.5. The number of hydrogen-bond acceptors (Lipinski definition) is 2. The molecule has 1 N–H and O–H groups in total. The Morgan fingerprint density at radius 1 is 1.26 bits per heavy atom. The van der Waals surface area contributed by atoms with Gasteiger partial charge in [0.1, 0.15) is 0 Å². The number of aliphatic carboxylic acids is 1. The summed E-state index contributed by atoms with van der Waals surface area (Å²) in [5, 5.41) is 9.61. The largest absolute Gasteiger partial charge is 0.481 e. The standard InChI is InChI=1S/C19H27NO3/c1-14(2)19(17(22)23)10-11-20(13-19)16(21)12-18(3,4)15-8-6-5-7-9-15/h5-9,14H,10-13H2,1-4H3,(H,22,23). The molecule has 1 fully saturated rings.